The number of aryl methyl sites for hydroxylation is 2. The van der Waals surface area contributed by atoms with Gasteiger partial charge in [-0.2, -0.15) is 5.10 Å². The van der Waals surface area contributed by atoms with Gasteiger partial charge in [-0.05, 0) is 51.4 Å². The maximum absolute atomic E-state index is 6.58. The largest absolute Gasteiger partial charge is 0.306 e. The van der Waals surface area contributed by atoms with E-state index in [1.165, 1.54) is 37.1 Å². The third-order valence-electron chi connectivity index (χ3n) is 5.58. The van der Waals surface area contributed by atoms with E-state index >= 15 is 0 Å². The number of rotatable bonds is 7. The summed E-state index contributed by atoms with van der Waals surface area (Å²) in [4.78, 5) is 5.07. The second kappa shape index (κ2) is 9.03. The first-order valence-corrected chi connectivity index (χ1v) is 10.1. The van der Waals surface area contributed by atoms with Gasteiger partial charge in [0.1, 0.15) is 5.15 Å². The van der Waals surface area contributed by atoms with Crippen LogP contribution in [0.2, 0.25) is 5.15 Å². The van der Waals surface area contributed by atoms with Gasteiger partial charge in [-0.3, -0.25) is 9.58 Å². The van der Waals surface area contributed by atoms with Crippen LogP contribution in [0.3, 0.4) is 0 Å². The Morgan fingerprint density at radius 2 is 1.85 bits per heavy atom. The minimum absolute atomic E-state index is 0.621. The molecule has 1 fully saturated rings. The van der Waals surface area contributed by atoms with Crippen molar-refractivity contribution in [1.29, 1.82) is 0 Å². The Morgan fingerprint density at radius 3 is 2.50 bits per heavy atom. The Labute approximate surface area is 162 Å². The highest BCUT2D eigenvalue weighted by Gasteiger charge is 2.25. The van der Waals surface area contributed by atoms with Crippen molar-refractivity contribution in [3.63, 3.8) is 0 Å². The molecule has 0 spiro atoms. The lowest BCUT2D eigenvalue weighted by Crippen LogP contribution is -2.44. The molecule has 4 nitrogen and oxygen atoms in total. The molecule has 0 aliphatic carbocycles. The third kappa shape index (κ3) is 4.67. The van der Waals surface area contributed by atoms with Gasteiger partial charge in [0.05, 0.1) is 5.69 Å². The van der Waals surface area contributed by atoms with Crippen molar-refractivity contribution in [2.45, 2.75) is 45.2 Å². The van der Waals surface area contributed by atoms with Crippen LogP contribution in [0.4, 0.5) is 0 Å². The summed E-state index contributed by atoms with van der Waals surface area (Å²) in [6.07, 6.45) is 4.46. The van der Waals surface area contributed by atoms with E-state index in [0.717, 1.165) is 36.8 Å². The van der Waals surface area contributed by atoms with Gasteiger partial charge < -0.3 is 4.90 Å². The molecular formula is C21H31ClN4. The SMILES string of the molecule is CCc1nn(C)c(Cl)c1CN(CCc1ccccc1)C1CCN(C)CC1. The molecule has 0 N–H and O–H groups in total. The van der Waals surface area contributed by atoms with Crippen LogP contribution in [-0.2, 0) is 26.4 Å². The van der Waals surface area contributed by atoms with Crippen LogP contribution < -0.4 is 0 Å². The molecule has 0 bridgehead atoms. The molecule has 0 atom stereocenters. The first kappa shape index (κ1) is 19.4. The highest BCUT2D eigenvalue weighted by atomic mass is 35.5. The predicted molar refractivity (Wildman–Crippen MR) is 109 cm³/mol. The zero-order valence-electron chi connectivity index (χ0n) is 16.3. The van der Waals surface area contributed by atoms with Crippen molar-refractivity contribution < 1.29 is 0 Å². The summed E-state index contributed by atoms with van der Waals surface area (Å²) >= 11 is 6.58. The van der Waals surface area contributed by atoms with Crippen LogP contribution in [0, 0.1) is 0 Å². The first-order chi connectivity index (χ1) is 12.6. The fourth-order valence-electron chi connectivity index (χ4n) is 3.91. The highest BCUT2D eigenvalue weighted by molar-refractivity contribution is 6.30. The van der Waals surface area contributed by atoms with Gasteiger partial charge in [-0.25, -0.2) is 0 Å². The number of likely N-dealkylation sites (tertiary alicyclic amines) is 1. The van der Waals surface area contributed by atoms with Gasteiger partial charge in [-0.1, -0.05) is 48.9 Å². The number of nitrogens with zero attached hydrogens (tertiary/aromatic N) is 4. The smallest absolute Gasteiger partial charge is 0.131 e. The van der Waals surface area contributed by atoms with E-state index in [-0.39, 0.29) is 0 Å². The molecule has 0 radical (unpaired) electrons. The van der Waals surface area contributed by atoms with Crippen LogP contribution in [0.5, 0.6) is 0 Å². The molecule has 0 unspecified atom stereocenters. The van der Waals surface area contributed by atoms with E-state index in [9.17, 15) is 0 Å². The van der Waals surface area contributed by atoms with E-state index < -0.39 is 0 Å². The molecule has 5 heteroatoms. The fraction of sp³-hybridized carbons (Fsp3) is 0.571. The molecule has 1 aliphatic rings. The molecule has 3 rings (SSSR count). The van der Waals surface area contributed by atoms with Crippen molar-refractivity contribution in [2.24, 2.45) is 7.05 Å². The van der Waals surface area contributed by atoms with Crippen LogP contribution in [-0.4, -0.2) is 52.3 Å². The number of benzene rings is 1. The van der Waals surface area contributed by atoms with Gasteiger partial charge in [0.25, 0.3) is 0 Å². The van der Waals surface area contributed by atoms with Crippen LogP contribution in [0.15, 0.2) is 30.3 Å². The summed E-state index contributed by atoms with van der Waals surface area (Å²) in [5.74, 6) is 0. The summed E-state index contributed by atoms with van der Waals surface area (Å²) < 4.78 is 1.82. The van der Waals surface area contributed by atoms with Crippen molar-refractivity contribution in [3.05, 3.63) is 52.3 Å². The van der Waals surface area contributed by atoms with Gasteiger partial charge in [0.2, 0.25) is 0 Å². The fourth-order valence-corrected chi connectivity index (χ4v) is 4.12. The van der Waals surface area contributed by atoms with Gasteiger partial charge in [-0.15, -0.1) is 0 Å². The molecule has 0 saturated carbocycles. The second-order valence-corrected chi connectivity index (χ2v) is 7.79. The zero-order valence-corrected chi connectivity index (χ0v) is 17.0. The summed E-state index contributed by atoms with van der Waals surface area (Å²) in [6.45, 7) is 6.47. The van der Waals surface area contributed by atoms with Crippen LogP contribution in [0.1, 0.15) is 36.6 Å². The van der Waals surface area contributed by atoms with E-state index in [1.54, 1.807) is 0 Å². The number of hydrogen-bond donors (Lipinski definition) is 0. The van der Waals surface area contributed by atoms with Crippen molar-refractivity contribution in [2.75, 3.05) is 26.7 Å². The summed E-state index contributed by atoms with van der Waals surface area (Å²) in [6, 6.07) is 11.4. The lowest BCUT2D eigenvalue weighted by Gasteiger charge is -2.37. The third-order valence-corrected chi connectivity index (χ3v) is 6.06. The molecule has 26 heavy (non-hydrogen) atoms. The lowest BCUT2D eigenvalue weighted by atomic mass is 10.0. The van der Waals surface area contributed by atoms with Crippen LogP contribution in [0.25, 0.3) is 0 Å². The van der Waals surface area contributed by atoms with E-state index in [0.29, 0.717) is 6.04 Å². The summed E-state index contributed by atoms with van der Waals surface area (Å²) in [7, 11) is 4.16. The molecular weight excluding hydrogens is 344 g/mol. The first-order valence-electron chi connectivity index (χ1n) is 9.75. The van der Waals surface area contributed by atoms with Crippen molar-refractivity contribution >= 4 is 11.6 Å². The van der Waals surface area contributed by atoms with Crippen LogP contribution >= 0.6 is 11.6 Å². The minimum atomic E-state index is 0.621. The average molecular weight is 375 g/mol. The Bertz CT molecular complexity index is 690. The normalized spacial score (nSPS) is 16.5. The maximum atomic E-state index is 6.58. The Hall–Kier alpha value is -1.36. The van der Waals surface area contributed by atoms with Crippen molar-refractivity contribution in [1.82, 2.24) is 19.6 Å². The summed E-state index contributed by atoms with van der Waals surface area (Å²) in [5, 5.41) is 5.40. The minimum Gasteiger partial charge on any atom is -0.306 e. The maximum Gasteiger partial charge on any atom is 0.131 e. The molecule has 1 aromatic heterocycles. The number of halogens is 1. The number of aromatic nitrogens is 2. The number of hydrogen-bond acceptors (Lipinski definition) is 3. The number of piperidine rings is 1. The Kier molecular flexibility index (Phi) is 6.74. The summed E-state index contributed by atoms with van der Waals surface area (Å²) in [5.41, 5.74) is 3.75. The monoisotopic (exact) mass is 374 g/mol. The second-order valence-electron chi connectivity index (χ2n) is 7.43. The quantitative estimate of drug-likeness (QED) is 0.737. The molecule has 2 heterocycles. The Morgan fingerprint density at radius 1 is 1.15 bits per heavy atom. The van der Waals surface area contributed by atoms with Crippen molar-refractivity contribution in [3.8, 4) is 0 Å². The van der Waals surface area contributed by atoms with Gasteiger partial charge in [0, 0.05) is 31.7 Å². The lowest BCUT2D eigenvalue weighted by molar-refractivity contribution is 0.115. The highest BCUT2D eigenvalue weighted by Crippen LogP contribution is 2.25. The molecule has 1 aromatic carbocycles. The predicted octanol–water partition coefficient (Wildman–Crippen LogP) is 3.77. The molecule has 2 aromatic rings. The Balaban J connectivity index is 1.76. The average Bonchev–Trinajstić information content (AvgIpc) is 2.94. The molecule has 142 valence electrons. The van der Waals surface area contributed by atoms with E-state index in [2.05, 4.69) is 59.2 Å². The topological polar surface area (TPSA) is 24.3 Å². The standard InChI is InChI=1S/C21H31ClN4/c1-4-20-19(21(22)25(3)23-20)16-26(18-11-13-24(2)14-12-18)15-10-17-8-6-5-7-9-17/h5-9,18H,4,10-16H2,1-3H3. The molecule has 1 saturated heterocycles. The van der Waals surface area contributed by atoms with Gasteiger partial charge >= 0.3 is 0 Å². The molecule has 1 aliphatic heterocycles. The van der Waals surface area contributed by atoms with Gasteiger partial charge in [0.15, 0.2) is 0 Å². The zero-order chi connectivity index (χ0) is 18.5. The van der Waals surface area contributed by atoms with E-state index in [4.69, 9.17) is 11.6 Å². The molecule has 0 amide bonds. The van der Waals surface area contributed by atoms with E-state index in [1.807, 2.05) is 11.7 Å².